The van der Waals surface area contributed by atoms with Gasteiger partial charge in [0.15, 0.2) is 10.9 Å². The molecular weight excluding hydrogens is 284 g/mol. The largest absolute Gasteiger partial charge is 0.358 e. The Kier molecular flexibility index (Phi) is 4.70. The van der Waals surface area contributed by atoms with Crippen molar-refractivity contribution in [3.05, 3.63) is 47.3 Å². The summed E-state index contributed by atoms with van der Waals surface area (Å²) in [7, 11) is 1.91. The maximum absolute atomic E-state index is 11.2. The van der Waals surface area contributed by atoms with Gasteiger partial charge in [-0.25, -0.2) is 0 Å². The predicted octanol–water partition coefficient (Wildman–Crippen LogP) is 2.42. The second-order valence-corrected chi connectivity index (χ2v) is 5.23. The number of Topliss-reactive ketones (excluding diaryl/α,β-unsaturated/α-hetero) is 1. The minimum absolute atomic E-state index is 0.0503. The molecule has 21 heavy (non-hydrogen) atoms. The number of aromatic nitrogens is 2. The van der Waals surface area contributed by atoms with Crippen LogP contribution in [0.2, 0.25) is 0 Å². The van der Waals surface area contributed by atoms with Crippen LogP contribution in [0.25, 0.3) is 0 Å². The summed E-state index contributed by atoms with van der Waals surface area (Å²) in [6, 6.07) is 7.22. The van der Waals surface area contributed by atoms with Crippen LogP contribution in [0.1, 0.15) is 28.5 Å². The van der Waals surface area contributed by atoms with E-state index >= 15 is 0 Å². The molecule has 0 aliphatic heterocycles. The first-order valence-electron chi connectivity index (χ1n) is 6.60. The summed E-state index contributed by atoms with van der Waals surface area (Å²) in [5.74, 6) is 0.0503. The van der Waals surface area contributed by atoms with Gasteiger partial charge in [-0.05, 0) is 50.3 Å². The molecule has 0 aliphatic carbocycles. The monoisotopic (exact) mass is 302 g/mol. The molecule has 0 atom stereocenters. The number of nitrogens with one attached hydrogen (secondary N) is 2. The molecule has 5 nitrogen and oxygen atoms in total. The van der Waals surface area contributed by atoms with Crippen LogP contribution in [0.4, 0.5) is 5.69 Å². The third-order valence-electron chi connectivity index (χ3n) is 3.33. The van der Waals surface area contributed by atoms with E-state index < -0.39 is 0 Å². The van der Waals surface area contributed by atoms with Gasteiger partial charge in [0, 0.05) is 36.1 Å². The summed E-state index contributed by atoms with van der Waals surface area (Å²) in [5.41, 5.74) is 3.75. The lowest BCUT2D eigenvalue weighted by Crippen LogP contribution is -2.28. The van der Waals surface area contributed by atoms with Gasteiger partial charge in [0.2, 0.25) is 0 Å². The fraction of sp³-hybridized carbons (Fsp3) is 0.267. The highest BCUT2D eigenvalue weighted by molar-refractivity contribution is 7.80. The third kappa shape index (κ3) is 3.88. The minimum Gasteiger partial charge on any atom is -0.358 e. The van der Waals surface area contributed by atoms with Gasteiger partial charge in [-0.2, -0.15) is 5.10 Å². The van der Waals surface area contributed by atoms with Crippen molar-refractivity contribution in [1.82, 2.24) is 15.1 Å². The number of benzene rings is 1. The molecule has 110 valence electrons. The lowest BCUT2D eigenvalue weighted by Gasteiger charge is -2.10. The number of carbonyl (C=O) groups excluding carboxylic acids is 1. The molecule has 2 N–H and O–H groups in total. The highest BCUT2D eigenvalue weighted by atomic mass is 32.1. The Morgan fingerprint density at radius 3 is 2.52 bits per heavy atom. The van der Waals surface area contributed by atoms with E-state index in [1.165, 1.54) is 0 Å². The molecule has 0 saturated carbocycles. The van der Waals surface area contributed by atoms with Gasteiger partial charge < -0.3 is 10.6 Å². The van der Waals surface area contributed by atoms with E-state index in [1.54, 1.807) is 19.1 Å². The van der Waals surface area contributed by atoms with Crippen LogP contribution in [0.5, 0.6) is 0 Å². The Balaban J connectivity index is 1.89. The number of aryl methyl sites for hydroxylation is 1. The van der Waals surface area contributed by atoms with Crippen LogP contribution < -0.4 is 10.6 Å². The highest BCUT2D eigenvalue weighted by Crippen LogP contribution is 2.10. The second-order valence-electron chi connectivity index (χ2n) is 4.82. The zero-order valence-electron chi connectivity index (χ0n) is 12.3. The van der Waals surface area contributed by atoms with E-state index in [1.807, 2.05) is 37.0 Å². The van der Waals surface area contributed by atoms with Crippen molar-refractivity contribution in [1.29, 1.82) is 0 Å². The topological polar surface area (TPSA) is 59.0 Å². The van der Waals surface area contributed by atoms with Gasteiger partial charge in [-0.3, -0.25) is 9.48 Å². The van der Waals surface area contributed by atoms with E-state index in [0.717, 1.165) is 16.9 Å². The van der Waals surface area contributed by atoms with Crippen molar-refractivity contribution >= 4 is 28.8 Å². The van der Waals surface area contributed by atoms with Crippen molar-refractivity contribution in [2.75, 3.05) is 5.32 Å². The van der Waals surface area contributed by atoms with E-state index in [0.29, 0.717) is 17.2 Å². The van der Waals surface area contributed by atoms with Gasteiger partial charge in [0.25, 0.3) is 0 Å². The molecule has 0 bridgehead atoms. The summed E-state index contributed by atoms with van der Waals surface area (Å²) in [6.07, 6.45) is 1.83. The molecule has 0 spiro atoms. The SMILES string of the molecule is CC(=O)c1ccc(NC(=S)NCc2cnn(C)c2C)cc1. The standard InChI is InChI=1S/C15H18N4OS/c1-10-13(9-17-19(10)3)8-16-15(21)18-14-6-4-12(5-7-14)11(2)20/h4-7,9H,8H2,1-3H3,(H2,16,18,21). The zero-order valence-corrected chi connectivity index (χ0v) is 13.1. The summed E-state index contributed by atoms with van der Waals surface area (Å²) in [4.78, 5) is 11.2. The molecular formula is C15H18N4OS. The molecule has 1 aromatic heterocycles. The Morgan fingerprint density at radius 1 is 1.33 bits per heavy atom. The van der Waals surface area contributed by atoms with Gasteiger partial charge in [-0.15, -0.1) is 0 Å². The molecule has 2 aromatic rings. The number of anilines is 1. The van der Waals surface area contributed by atoms with Crippen LogP contribution in [0, 0.1) is 6.92 Å². The highest BCUT2D eigenvalue weighted by Gasteiger charge is 2.05. The number of ketones is 1. The number of carbonyl (C=O) groups is 1. The van der Waals surface area contributed by atoms with Gasteiger partial charge in [0.1, 0.15) is 0 Å². The van der Waals surface area contributed by atoms with Crippen LogP contribution in [-0.2, 0) is 13.6 Å². The fourth-order valence-corrected chi connectivity index (χ4v) is 2.05. The average molecular weight is 302 g/mol. The number of nitrogens with zero attached hydrogens (tertiary/aromatic N) is 2. The van der Waals surface area contributed by atoms with Crippen LogP contribution in [0.3, 0.4) is 0 Å². The van der Waals surface area contributed by atoms with Crippen LogP contribution >= 0.6 is 12.2 Å². The Hall–Kier alpha value is -2.21. The molecule has 0 amide bonds. The minimum atomic E-state index is 0.0503. The molecule has 1 aromatic carbocycles. The second kappa shape index (κ2) is 6.49. The van der Waals surface area contributed by atoms with E-state index in [2.05, 4.69) is 15.7 Å². The average Bonchev–Trinajstić information content (AvgIpc) is 2.77. The maximum atomic E-state index is 11.2. The van der Waals surface area contributed by atoms with E-state index in [9.17, 15) is 4.79 Å². The summed E-state index contributed by atoms with van der Waals surface area (Å²) in [5, 5.41) is 10.9. The number of rotatable bonds is 4. The summed E-state index contributed by atoms with van der Waals surface area (Å²) >= 11 is 5.25. The lowest BCUT2D eigenvalue weighted by molar-refractivity contribution is 0.101. The quantitative estimate of drug-likeness (QED) is 0.671. The molecule has 0 unspecified atom stereocenters. The normalized spacial score (nSPS) is 10.2. The maximum Gasteiger partial charge on any atom is 0.171 e. The van der Waals surface area contributed by atoms with Crippen LogP contribution in [-0.4, -0.2) is 20.7 Å². The van der Waals surface area contributed by atoms with Crippen molar-refractivity contribution in [2.45, 2.75) is 20.4 Å². The van der Waals surface area contributed by atoms with Crippen molar-refractivity contribution < 1.29 is 4.79 Å². The lowest BCUT2D eigenvalue weighted by atomic mass is 10.1. The van der Waals surface area contributed by atoms with Crippen LogP contribution in [0.15, 0.2) is 30.5 Å². The molecule has 0 fully saturated rings. The molecule has 0 saturated heterocycles. The Bertz CT molecular complexity index is 661. The fourth-order valence-electron chi connectivity index (χ4n) is 1.86. The van der Waals surface area contributed by atoms with E-state index in [4.69, 9.17) is 12.2 Å². The third-order valence-corrected chi connectivity index (χ3v) is 3.57. The smallest absolute Gasteiger partial charge is 0.171 e. The number of hydrogen-bond donors (Lipinski definition) is 2. The zero-order chi connectivity index (χ0) is 15.4. The van der Waals surface area contributed by atoms with Crippen molar-refractivity contribution in [2.24, 2.45) is 7.05 Å². The Labute approximate surface area is 129 Å². The molecule has 1 heterocycles. The summed E-state index contributed by atoms with van der Waals surface area (Å²) < 4.78 is 1.83. The van der Waals surface area contributed by atoms with Gasteiger partial charge >= 0.3 is 0 Å². The molecule has 2 rings (SSSR count). The van der Waals surface area contributed by atoms with E-state index in [-0.39, 0.29) is 5.78 Å². The molecule has 0 radical (unpaired) electrons. The Morgan fingerprint density at radius 2 is 2.00 bits per heavy atom. The number of thiocarbonyl (C=S) groups is 1. The predicted molar refractivity (Wildman–Crippen MR) is 87.5 cm³/mol. The van der Waals surface area contributed by atoms with Gasteiger partial charge in [0.05, 0.1) is 6.20 Å². The molecule has 6 heteroatoms. The first kappa shape index (κ1) is 15.2. The first-order valence-corrected chi connectivity index (χ1v) is 7.01. The number of hydrogen-bond acceptors (Lipinski definition) is 3. The van der Waals surface area contributed by atoms with Crippen molar-refractivity contribution in [3.8, 4) is 0 Å². The van der Waals surface area contributed by atoms with Crippen molar-refractivity contribution in [3.63, 3.8) is 0 Å². The van der Waals surface area contributed by atoms with Gasteiger partial charge in [-0.1, -0.05) is 0 Å². The summed E-state index contributed by atoms with van der Waals surface area (Å²) in [6.45, 7) is 4.18. The first-order chi connectivity index (χ1) is 9.97. The molecule has 0 aliphatic rings.